The third-order valence-corrected chi connectivity index (χ3v) is 3.83. The summed E-state index contributed by atoms with van der Waals surface area (Å²) in [5.41, 5.74) is 11.3. The molecule has 0 saturated carbocycles. The predicted molar refractivity (Wildman–Crippen MR) is 83.7 cm³/mol. The fourth-order valence-electron chi connectivity index (χ4n) is 2.72. The van der Waals surface area contributed by atoms with Crippen LogP contribution in [0.5, 0.6) is 0 Å². The van der Waals surface area contributed by atoms with Gasteiger partial charge in [0.1, 0.15) is 0 Å². The second kappa shape index (κ2) is 6.71. The number of rotatable bonds is 6. The van der Waals surface area contributed by atoms with E-state index in [1.165, 1.54) is 16.8 Å². The maximum absolute atomic E-state index is 6.30. The van der Waals surface area contributed by atoms with E-state index in [0.29, 0.717) is 0 Å². The van der Waals surface area contributed by atoms with E-state index in [-0.39, 0.29) is 6.04 Å². The molecule has 0 aliphatic heterocycles. The van der Waals surface area contributed by atoms with Gasteiger partial charge in [0.15, 0.2) is 0 Å². The molecule has 0 fully saturated rings. The molecule has 1 aromatic carbocycles. The number of hydrogen-bond acceptors (Lipinski definition) is 2. The van der Waals surface area contributed by atoms with E-state index in [1.54, 1.807) is 0 Å². The van der Waals surface area contributed by atoms with Gasteiger partial charge in [0, 0.05) is 17.3 Å². The van der Waals surface area contributed by atoms with Gasteiger partial charge >= 0.3 is 0 Å². The molecular formula is C17H25N3. The van der Waals surface area contributed by atoms with Gasteiger partial charge in [-0.1, -0.05) is 51.1 Å². The van der Waals surface area contributed by atoms with Crippen molar-refractivity contribution in [2.24, 2.45) is 5.73 Å². The van der Waals surface area contributed by atoms with E-state index in [4.69, 9.17) is 10.8 Å². The van der Waals surface area contributed by atoms with Crippen LogP contribution in [0.2, 0.25) is 0 Å². The van der Waals surface area contributed by atoms with Crippen molar-refractivity contribution in [2.45, 2.75) is 52.6 Å². The molecule has 0 spiro atoms. The standard InChI is InChI=1S/C17H25N3/c1-4-14(18)17-15(5-2)19-20(16(17)6-3)12-13-10-8-7-9-11-13/h7-11,14H,4-6,12,18H2,1-3H3. The minimum atomic E-state index is 0.101. The number of nitrogens with zero attached hydrogens (tertiary/aromatic N) is 2. The van der Waals surface area contributed by atoms with Crippen molar-refractivity contribution in [3.63, 3.8) is 0 Å². The molecule has 2 aromatic rings. The van der Waals surface area contributed by atoms with Crippen LogP contribution in [0.15, 0.2) is 30.3 Å². The van der Waals surface area contributed by atoms with Gasteiger partial charge in [-0.25, -0.2) is 0 Å². The van der Waals surface area contributed by atoms with Crippen molar-refractivity contribution in [3.8, 4) is 0 Å². The molecule has 0 bridgehead atoms. The van der Waals surface area contributed by atoms with E-state index in [2.05, 4.69) is 49.7 Å². The lowest BCUT2D eigenvalue weighted by atomic mass is 10.00. The molecule has 20 heavy (non-hydrogen) atoms. The van der Waals surface area contributed by atoms with Gasteiger partial charge in [0.05, 0.1) is 12.2 Å². The molecular weight excluding hydrogens is 246 g/mol. The van der Waals surface area contributed by atoms with Gasteiger partial charge in [0.25, 0.3) is 0 Å². The smallest absolute Gasteiger partial charge is 0.0672 e. The molecule has 2 rings (SSSR count). The first-order chi connectivity index (χ1) is 9.71. The van der Waals surface area contributed by atoms with Crippen molar-refractivity contribution >= 4 is 0 Å². The van der Waals surface area contributed by atoms with Gasteiger partial charge in [-0.2, -0.15) is 5.10 Å². The monoisotopic (exact) mass is 271 g/mol. The van der Waals surface area contributed by atoms with Crippen molar-refractivity contribution in [2.75, 3.05) is 0 Å². The molecule has 0 aliphatic carbocycles. The quantitative estimate of drug-likeness (QED) is 0.874. The summed E-state index contributed by atoms with van der Waals surface area (Å²) in [7, 11) is 0. The Labute approximate surface area is 121 Å². The number of hydrogen-bond donors (Lipinski definition) is 1. The Morgan fingerprint density at radius 1 is 1.10 bits per heavy atom. The molecule has 108 valence electrons. The first-order valence-corrected chi connectivity index (χ1v) is 7.59. The molecule has 1 atom stereocenters. The van der Waals surface area contributed by atoms with Crippen LogP contribution < -0.4 is 5.73 Å². The highest BCUT2D eigenvalue weighted by Gasteiger charge is 2.19. The molecule has 1 heterocycles. The average molecular weight is 271 g/mol. The zero-order chi connectivity index (χ0) is 14.5. The summed E-state index contributed by atoms with van der Waals surface area (Å²) in [5, 5.41) is 4.80. The maximum Gasteiger partial charge on any atom is 0.0672 e. The second-order valence-electron chi connectivity index (χ2n) is 5.17. The van der Waals surface area contributed by atoms with Crippen LogP contribution >= 0.6 is 0 Å². The summed E-state index contributed by atoms with van der Waals surface area (Å²) in [6, 6.07) is 10.6. The van der Waals surface area contributed by atoms with E-state index < -0.39 is 0 Å². The molecule has 0 amide bonds. The van der Waals surface area contributed by atoms with Crippen molar-refractivity contribution < 1.29 is 0 Å². The van der Waals surface area contributed by atoms with E-state index in [0.717, 1.165) is 31.5 Å². The third kappa shape index (κ3) is 2.93. The Bertz CT molecular complexity index is 543. The summed E-state index contributed by atoms with van der Waals surface area (Å²) < 4.78 is 2.14. The Balaban J connectivity index is 2.40. The van der Waals surface area contributed by atoms with Crippen LogP contribution in [0.25, 0.3) is 0 Å². The summed E-state index contributed by atoms with van der Waals surface area (Å²) in [5.74, 6) is 0. The number of aryl methyl sites for hydroxylation is 1. The van der Waals surface area contributed by atoms with Crippen molar-refractivity contribution in [1.29, 1.82) is 0 Å². The van der Waals surface area contributed by atoms with Gasteiger partial charge in [0.2, 0.25) is 0 Å². The van der Waals surface area contributed by atoms with Gasteiger partial charge in [-0.3, -0.25) is 4.68 Å². The minimum Gasteiger partial charge on any atom is -0.324 e. The highest BCUT2D eigenvalue weighted by molar-refractivity contribution is 5.31. The maximum atomic E-state index is 6.30. The van der Waals surface area contributed by atoms with Crippen LogP contribution in [0, 0.1) is 0 Å². The second-order valence-corrected chi connectivity index (χ2v) is 5.17. The number of nitrogens with two attached hydrogens (primary N) is 1. The number of benzene rings is 1. The summed E-state index contributed by atoms with van der Waals surface area (Å²) in [4.78, 5) is 0. The molecule has 1 unspecified atom stereocenters. The highest BCUT2D eigenvalue weighted by Crippen LogP contribution is 2.25. The molecule has 2 N–H and O–H groups in total. The Morgan fingerprint density at radius 3 is 2.35 bits per heavy atom. The fraction of sp³-hybridized carbons (Fsp3) is 0.471. The lowest BCUT2D eigenvalue weighted by Gasteiger charge is -2.12. The van der Waals surface area contributed by atoms with Gasteiger partial charge < -0.3 is 5.73 Å². The molecule has 1 aromatic heterocycles. The molecule has 0 radical (unpaired) electrons. The molecule has 3 heteroatoms. The minimum absolute atomic E-state index is 0.101. The Morgan fingerprint density at radius 2 is 1.80 bits per heavy atom. The normalized spacial score (nSPS) is 12.6. The SMILES string of the molecule is CCc1nn(Cc2ccccc2)c(CC)c1C(N)CC. The summed E-state index contributed by atoms with van der Waals surface area (Å²) in [6.45, 7) is 7.30. The van der Waals surface area contributed by atoms with Crippen LogP contribution in [0.3, 0.4) is 0 Å². The zero-order valence-electron chi connectivity index (χ0n) is 12.8. The summed E-state index contributed by atoms with van der Waals surface area (Å²) in [6.07, 6.45) is 2.87. The lowest BCUT2D eigenvalue weighted by molar-refractivity contribution is 0.632. The predicted octanol–water partition coefficient (Wildman–Crippen LogP) is 3.47. The summed E-state index contributed by atoms with van der Waals surface area (Å²) >= 11 is 0. The van der Waals surface area contributed by atoms with Crippen LogP contribution in [-0.4, -0.2) is 9.78 Å². The first-order valence-electron chi connectivity index (χ1n) is 7.59. The van der Waals surface area contributed by atoms with Crippen molar-refractivity contribution in [3.05, 3.63) is 52.8 Å². The third-order valence-electron chi connectivity index (χ3n) is 3.83. The Hall–Kier alpha value is -1.61. The van der Waals surface area contributed by atoms with Crippen LogP contribution in [-0.2, 0) is 19.4 Å². The van der Waals surface area contributed by atoms with Crippen LogP contribution in [0.4, 0.5) is 0 Å². The Kier molecular flexibility index (Phi) is 4.96. The van der Waals surface area contributed by atoms with E-state index in [1.807, 2.05) is 6.07 Å². The molecule has 0 saturated heterocycles. The van der Waals surface area contributed by atoms with Gasteiger partial charge in [-0.15, -0.1) is 0 Å². The molecule has 3 nitrogen and oxygen atoms in total. The first kappa shape index (κ1) is 14.8. The van der Waals surface area contributed by atoms with E-state index in [9.17, 15) is 0 Å². The largest absolute Gasteiger partial charge is 0.324 e. The van der Waals surface area contributed by atoms with Gasteiger partial charge in [-0.05, 0) is 24.8 Å². The number of aromatic nitrogens is 2. The topological polar surface area (TPSA) is 43.8 Å². The highest BCUT2D eigenvalue weighted by atomic mass is 15.3. The van der Waals surface area contributed by atoms with E-state index >= 15 is 0 Å². The molecule has 0 aliphatic rings. The zero-order valence-corrected chi connectivity index (χ0v) is 12.8. The van der Waals surface area contributed by atoms with Crippen LogP contribution in [0.1, 0.15) is 55.7 Å². The fourth-order valence-corrected chi connectivity index (χ4v) is 2.72. The lowest BCUT2D eigenvalue weighted by Crippen LogP contribution is -2.13. The average Bonchev–Trinajstić information content (AvgIpc) is 2.85. The van der Waals surface area contributed by atoms with Crippen molar-refractivity contribution in [1.82, 2.24) is 9.78 Å².